The second kappa shape index (κ2) is 5.71. The average molecular weight is 253 g/mol. The predicted octanol–water partition coefficient (Wildman–Crippen LogP) is -1.55. The van der Waals surface area contributed by atoms with Gasteiger partial charge in [0.1, 0.15) is 0 Å². The van der Waals surface area contributed by atoms with E-state index >= 15 is 0 Å². The minimum Gasteiger partial charge on any atom is -0.481 e. The first-order chi connectivity index (χ1) is 8.43. The maximum Gasteiger partial charge on any atom is 0.237 e. The molecule has 18 heavy (non-hydrogen) atoms. The molecule has 2 amide bonds. The van der Waals surface area contributed by atoms with Gasteiger partial charge in [0.25, 0.3) is 0 Å². The van der Waals surface area contributed by atoms with Crippen molar-refractivity contribution >= 4 is 23.3 Å². The van der Waals surface area contributed by atoms with E-state index in [4.69, 9.17) is 21.9 Å². The van der Waals surface area contributed by atoms with Crippen LogP contribution >= 0.6 is 0 Å². The average Bonchev–Trinajstić information content (AvgIpc) is 2.27. The van der Waals surface area contributed by atoms with Gasteiger partial charge in [0, 0.05) is 6.07 Å². The number of aromatic nitrogens is 1. The summed E-state index contributed by atoms with van der Waals surface area (Å²) in [5.41, 5.74) is 16.2. The highest BCUT2D eigenvalue weighted by atomic mass is 16.5. The van der Waals surface area contributed by atoms with Crippen LogP contribution in [-0.4, -0.2) is 37.0 Å². The molecule has 0 saturated carbocycles. The van der Waals surface area contributed by atoms with Gasteiger partial charge in [-0.2, -0.15) is 4.98 Å². The third-order valence-electron chi connectivity index (χ3n) is 2.08. The van der Waals surface area contributed by atoms with Crippen LogP contribution in [0.15, 0.2) is 12.1 Å². The molecular weight excluding hydrogens is 238 g/mol. The molecule has 0 atom stereocenters. The molecule has 0 unspecified atom stereocenters. The van der Waals surface area contributed by atoms with Crippen molar-refractivity contribution < 1.29 is 14.3 Å². The van der Waals surface area contributed by atoms with Crippen molar-refractivity contribution in [3.63, 3.8) is 0 Å². The number of carbonyl (C=O) groups excluding carboxylic acids is 2. The van der Waals surface area contributed by atoms with Crippen LogP contribution in [0.25, 0.3) is 0 Å². The Balaban J connectivity index is 3.09. The number of methoxy groups -OCH3 is 1. The smallest absolute Gasteiger partial charge is 0.237 e. The molecule has 8 nitrogen and oxygen atoms in total. The zero-order valence-electron chi connectivity index (χ0n) is 9.92. The van der Waals surface area contributed by atoms with Crippen LogP contribution in [-0.2, 0) is 9.59 Å². The molecule has 1 aromatic rings. The Morgan fingerprint density at radius 2 is 1.83 bits per heavy atom. The van der Waals surface area contributed by atoms with E-state index in [1.54, 1.807) is 12.1 Å². The predicted molar refractivity (Wildman–Crippen MR) is 65.8 cm³/mol. The van der Waals surface area contributed by atoms with E-state index in [1.807, 2.05) is 0 Å². The molecule has 98 valence electrons. The highest BCUT2D eigenvalue weighted by Crippen LogP contribution is 2.23. The molecule has 1 rings (SSSR count). The number of amides is 2. The molecule has 1 heterocycles. The topological polar surface area (TPSA) is 138 Å². The van der Waals surface area contributed by atoms with Crippen molar-refractivity contribution in [2.75, 3.05) is 30.8 Å². The number of nitrogens with two attached hydrogens (primary N) is 3. The summed E-state index contributed by atoms with van der Waals surface area (Å²) in [6.45, 7) is -0.430. The molecule has 0 aliphatic rings. The van der Waals surface area contributed by atoms with Gasteiger partial charge in [0.2, 0.25) is 17.7 Å². The summed E-state index contributed by atoms with van der Waals surface area (Å²) in [6.07, 6.45) is 0. The third-order valence-corrected chi connectivity index (χ3v) is 2.08. The Hall–Kier alpha value is -2.51. The summed E-state index contributed by atoms with van der Waals surface area (Å²) in [5.74, 6) is -0.717. The molecule has 0 spiro atoms. The van der Waals surface area contributed by atoms with Crippen LogP contribution < -0.4 is 26.8 Å². The highest BCUT2D eigenvalue weighted by molar-refractivity contribution is 5.86. The van der Waals surface area contributed by atoms with Crippen LogP contribution in [0.2, 0.25) is 0 Å². The van der Waals surface area contributed by atoms with E-state index in [1.165, 1.54) is 12.0 Å². The number of primary amides is 2. The minimum absolute atomic E-state index is 0.215. The van der Waals surface area contributed by atoms with Crippen LogP contribution in [0.1, 0.15) is 0 Å². The maximum absolute atomic E-state index is 11.0. The maximum atomic E-state index is 11.0. The lowest BCUT2D eigenvalue weighted by Crippen LogP contribution is -2.40. The van der Waals surface area contributed by atoms with E-state index in [2.05, 4.69) is 4.98 Å². The number of ether oxygens (including phenoxy) is 1. The zero-order valence-corrected chi connectivity index (χ0v) is 9.92. The first-order valence-corrected chi connectivity index (χ1v) is 5.06. The summed E-state index contributed by atoms with van der Waals surface area (Å²) < 4.78 is 4.94. The largest absolute Gasteiger partial charge is 0.481 e. The van der Waals surface area contributed by atoms with Crippen molar-refractivity contribution in [1.82, 2.24) is 4.98 Å². The van der Waals surface area contributed by atoms with Crippen molar-refractivity contribution in [3.8, 4) is 5.88 Å². The molecule has 6 N–H and O–H groups in total. The normalized spacial score (nSPS) is 9.83. The second-order valence-corrected chi connectivity index (χ2v) is 3.56. The number of anilines is 2. The summed E-state index contributed by atoms with van der Waals surface area (Å²) in [4.78, 5) is 27.3. The number of pyridine rings is 1. The second-order valence-electron chi connectivity index (χ2n) is 3.56. The quantitative estimate of drug-likeness (QED) is 0.561. The van der Waals surface area contributed by atoms with E-state index in [-0.39, 0.29) is 18.9 Å². The van der Waals surface area contributed by atoms with Crippen molar-refractivity contribution in [2.24, 2.45) is 11.5 Å². The Kier molecular flexibility index (Phi) is 4.30. The van der Waals surface area contributed by atoms with E-state index in [0.717, 1.165) is 0 Å². The zero-order chi connectivity index (χ0) is 13.7. The van der Waals surface area contributed by atoms with Gasteiger partial charge in [-0.15, -0.1) is 0 Å². The molecule has 0 aliphatic heterocycles. The van der Waals surface area contributed by atoms with E-state index in [9.17, 15) is 9.59 Å². The number of nitrogens with zero attached hydrogens (tertiary/aromatic N) is 2. The first-order valence-electron chi connectivity index (χ1n) is 5.06. The molecule has 1 aromatic heterocycles. The Morgan fingerprint density at radius 3 is 2.28 bits per heavy atom. The monoisotopic (exact) mass is 253 g/mol. The Labute approximate surface area is 104 Å². The van der Waals surface area contributed by atoms with Gasteiger partial charge in [-0.05, 0) is 6.07 Å². The van der Waals surface area contributed by atoms with Gasteiger partial charge in [0.15, 0.2) is 5.82 Å². The summed E-state index contributed by atoms with van der Waals surface area (Å²) >= 11 is 0. The van der Waals surface area contributed by atoms with Gasteiger partial charge < -0.3 is 26.8 Å². The van der Waals surface area contributed by atoms with E-state index < -0.39 is 11.8 Å². The number of carbonyl (C=O) groups is 2. The van der Waals surface area contributed by atoms with Crippen LogP contribution in [0, 0.1) is 0 Å². The third kappa shape index (κ3) is 3.51. The SMILES string of the molecule is COc1ccc(N)c(N(CC(N)=O)CC(N)=O)n1. The highest BCUT2D eigenvalue weighted by Gasteiger charge is 2.17. The van der Waals surface area contributed by atoms with Crippen LogP contribution in [0.4, 0.5) is 11.5 Å². The lowest BCUT2D eigenvalue weighted by Gasteiger charge is -2.22. The summed E-state index contributed by atoms with van der Waals surface area (Å²) in [6, 6.07) is 3.11. The standard InChI is InChI=1S/C10H15N5O3/c1-18-9-3-2-6(11)10(14-9)15(4-7(12)16)5-8(13)17/h2-3H,4-5,11H2,1H3,(H2,12,16)(H2,13,17). The number of hydrogen-bond donors (Lipinski definition) is 3. The van der Waals surface area contributed by atoms with Gasteiger partial charge >= 0.3 is 0 Å². The Bertz CT molecular complexity index is 447. The van der Waals surface area contributed by atoms with Gasteiger partial charge in [-0.3, -0.25) is 9.59 Å². The molecule has 0 aliphatic carbocycles. The minimum atomic E-state index is -0.625. The lowest BCUT2D eigenvalue weighted by molar-refractivity contribution is -0.117. The molecule has 0 aromatic carbocycles. The number of hydrogen-bond acceptors (Lipinski definition) is 6. The fourth-order valence-electron chi connectivity index (χ4n) is 1.39. The summed E-state index contributed by atoms with van der Waals surface area (Å²) in [5, 5.41) is 0. The van der Waals surface area contributed by atoms with Crippen molar-refractivity contribution in [3.05, 3.63) is 12.1 Å². The number of rotatable bonds is 6. The fourth-order valence-corrected chi connectivity index (χ4v) is 1.39. The lowest BCUT2D eigenvalue weighted by atomic mass is 10.3. The van der Waals surface area contributed by atoms with Crippen LogP contribution in [0.3, 0.4) is 0 Å². The van der Waals surface area contributed by atoms with Crippen molar-refractivity contribution in [1.29, 1.82) is 0 Å². The molecule has 0 radical (unpaired) electrons. The van der Waals surface area contributed by atoms with Gasteiger partial charge in [-0.25, -0.2) is 0 Å². The molecule has 0 bridgehead atoms. The molecular formula is C10H15N5O3. The molecule has 0 saturated heterocycles. The number of nitrogen functional groups attached to an aromatic ring is 1. The van der Waals surface area contributed by atoms with E-state index in [0.29, 0.717) is 11.6 Å². The van der Waals surface area contributed by atoms with Crippen molar-refractivity contribution in [2.45, 2.75) is 0 Å². The summed E-state index contributed by atoms with van der Waals surface area (Å²) in [7, 11) is 1.44. The molecule has 8 heteroatoms. The molecule has 0 fully saturated rings. The fraction of sp³-hybridized carbons (Fsp3) is 0.300. The van der Waals surface area contributed by atoms with Crippen LogP contribution in [0.5, 0.6) is 5.88 Å². The van der Waals surface area contributed by atoms with Gasteiger partial charge in [-0.1, -0.05) is 0 Å². The van der Waals surface area contributed by atoms with Gasteiger partial charge in [0.05, 0.1) is 25.9 Å². The first kappa shape index (κ1) is 13.6. The Morgan fingerprint density at radius 1 is 1.28 bits per heavy atom.